The fourth-order valence-corrected chi connectivity index (χ4v) is 4.89. The van der Waals surface area contributed by atoms with E-state index in [1.54, 1.807) is 16.2 Å². The summed E-state index contributed by atoms with van der Waals surface area (Å²) in [7, 11) is 1.76. The van der Waals surface area contributed by atoms with Crippen LogP contribution < -0.4 is 5.69 Å². The number of aromatic nitrogens is 2. The minimum absolute atomic E-state index is 0.0537. The lowest BCUT2D eigenvalue weighted by Gasteiger charge is -2.28. The molecule has 0 atom stereocenters. The molecule has 0 radical (unpaired) electrons. The van der Waals surface area contributed by atoms with E-state index < -0.39 is 0 Å². The molecule has 6 heteroatoms. The fourth-order valence-electron chi connectivity index (χ4n) is 4.89. The summed E-state index contributed by atoms with van der Waals surface area (Å²) in [6, 6.07) is 7.67. The topological polar surface area (TPSA) is 50.5 Å². The average molecular weight is 385 g/mol. The van der Waals surface area contributed by atoms with Crippen LogP contribution in [0.4, 0.5) is 0 Å². The van der Waals surface area contributed by atoms with Gasteiger partial charge in [0.05, 0.1) is 11.0 Å². The monoisotopic (exact) mass is 384 g/mol. The van der Waals surface area contributed by atoms with Crippen molar-refractivity contribution in [1.29, 1.82) is 0 Å². The van der Waals surface area contributed by atoms with Gasteiger partial charge in [-0.15, -0.1) is 0 Å². The number of hydrogen-bond donors (Lipinski definition) is 0. The third-order valence-electron chi connectivity index (χ3n) is 6.53. The number of imidazole rings is 1. The van der Waals surface area contributed by atoms with Gasteiger partial charge in [-0.2, -0.15) is 0 Å². The van der Waals surface area contributed by atoms with E-state index in [2.05, 4.69) is 4.90 Å². The molecule has 152 valence electrons. The summed E-state index contributed by atoms with van der Waals surface area (Å²) < 4.78 is 3.24. The standard InChI is InChI=1S/C22H32N4O2/c1-23-19-10-5-6-11-20(19)26(22(23)28)17-21(27)25-13-7-12-24(14-15-25)16-18-8-3-2-4-9-18/h5-6,10-11,18H,2-4,7-9,12-17H2,1H3. The van der Waals surface area contributed by atoms with Crippen molar-refractivity contribution < 1.29 is 4.79 Å². The Balaban J connectivity index is 1.39. The third-order valence-corrected chi connectivity index (χ3v) is 6.53. The van der Waals surface area contributed by atoms with Gasteiger partial charge in [0.15, 0.2) is 0 Å². The molecule has 1 saturated carbocycles. The Morgan fingerprint density at radius 1 is 0.964 bits per heavy atom. The number of hydrogen-bond acceptors (Lipinski definition) is 3. The molecule has 1 aliphatic heterocycles. The Morgan fingerprint density at radius 3 is 2.50 bits per heavy atom. The number of para-hydroxylation sites is 2. The highest BCUT2D eigenvalue weighted by Crippen LogP contribution is 2.24. The zero-order valence-electron chi connectivity index (χ0n) is 17.0. The highest BCUT2D eigenvalue weighted by molar-refractivity contribution is 5.81. The van der Waals surface area contributed by atoms with Gasteiger partial charge in [0, 0.05) is 33.2 Å². The van der Waals surface area contributed by atoms with Crippen LogP contribution in [0.15, 0.2) is 29.1 Å². The summed E-state index contributed by atoms with van der Waals surface area (Å²) in [5.41, 5.74) is 1.58. The summed E-state index contributed by atoms with van der Waals surface area (Å²) in [4.78, 5) is 30.1. The summed E-state index contributed by atoms with van der Waals surface area (Å²) >= 11 is 0. The molecule has 1 aromatic heterocycles. The Bertz CT molecular complexity index is 878. The van der Waals surface area contributed by atoms with Gasteiger partial charge in [0.25, 0.3) is 0 Å². The molecular formula is C22H32N4O2. The predicted octanol–water partition coefficient (Wildman–Crippen LogP) is 2.45. The molecular weight excluding hydrogens is 352 g/mol. The SMILES string of the molecule is Cn1c(=O)n(CC(=O)N2CCCN(CC3CCCCC3)CC2)c2ccccc21. The number of aryl methyl sites for hydroxylation is 1. The van der Waals surface area contributed by atoms with E-state index in [0.717, 1.165) is 49.6 Å². The van der Waals surface area contributed by atoms with E-state index in [1.165, 1.54) is 38.6 Å². The van der Waals surface area contributed by atoms with Crippen molar-refractivity contribution in [2.45, 2.75) is 45.1 Å². The Morgan fingerprint density at radius 2 is 1.71 bits per heavy atom. The molecule has 2 aliphatic rings. The van der Waals surface area contributed by atoms with E-state index in [1.807, 2.05) is 29.2 Å². The van der Waals surface area contributed by atoms with Gasteiger partial charge >= 0.3 is 5.69 Å². The summed E-state index contributed by atoms with van der Waals surface area (Å²) in [5, 5.41) is 0. The van der Waals surface area contributed by atoms with Crippen LogP contribution in [0.25, 0.3) is 11.0 Å². The molecule has 2 aromatic rings. The maximum Gasteiger partial charge on any atom is 0.329 e. The lowest BCUT2D eigenvalue weighted by molar-refractivity contribution is -0.131. The van der Waals surface area contributed by atoms with Gasteiger partial charge in [-0.25, -0.2) is 4.79 Å². The second-order valence-electron chi connectivity index (χ2n) is 8.46. The van der Waals surface area contributed by atoms with E-state index in [4.69, 9.17) is 0 Å². The van der Waals surface area contributed by atoms with Crippen molar-refractivity contribution in [3.8, 4) is 0 Å². The molecule has 1 amide bonds. The molecule has 28 heavy (non-hydrogen) atoms. The van der Waals surface area contributed by atoms with Crippen LogP contribution >= 0.6 is 0 Å². The Labute approximate surface area is 166 Å². The molecule has 0 N–H and O–H groups in total. The van der Waals surface area contributed by atoms with Crippen molar-refractivity contribution in [3.05, 3.63) is 34.7 Å². The largest absolute Gasteiger partial charge is 0.340 e. The quantitative estimate of drug-likeness (QED) is 0.814. The number of carbonyl (C=O) groups excluding carboxylic acids is 1. The van der Waals surface area contributed by atoms with E-state index in [-0.39, 0.29) is 18.1 Å². The van der Waals surface area contributed by atoms with E-state index in [9.17, 15) is 9.59 Å². The zero-order chi connectivity index (χ0) is 19.5. The summed E-state index contributed by atoms with van der Waals surface area (Å²) in [6.45, 7) is 4.90. The Hall–Kier alpha value is -2.08. The minimum atomic E-state index is -0.122. The number of fused-ring (bicyclic) bond motifs is 1. The van der Waals surface area contributed by atoms with Crippen LogP contribution in [0.3, 0.4) is 0 Å². The fraction of sp³-hybridized carbons (Fsp3) is 0.636. The molecule has 2 heterocycles. The normalized spacial score (nSPS) is 19.8. The van der Waals surface area contributed by atoms with Crippen LogP contribution in [0.1, 0.15) is 38.5 Å². The molecule has 0 spiro atoms. The number of amides is 1. The molecule has 1 aromatic carbocycles. The smallest absolute Gasteiger partial charge is 0.329 e. The molecule has 0 bridgehead atoms. The second kappa shape index (κ2) is 8.52. The number of rotatable bonds is 4. The van der Waals surface area contributed by atoms with Crippen LogP contribution in [0, 0.1) is 5.92 Å². The minimum Gasteiger partial charge on any atom is -0.340 e. The zero-order valence-corrected chi connectivity index (χ0v) is 17.0. The molecule has 6 nitrogen and oxygen atoms in total. The van der Waals surface area contributed by atoms with Gasteiger partial charge in [0.1, 0.15) is 6.54 Å². The van der Waals surface area contributed by atoms with Gasteiger partial charge in [0.2, 0.25) is 5.91 Å². The van der Waals surface area contributed by atoms with E-state index in [0.29, 0.717) is 0 Å². The maximum absolute atomic E-state index is 13.0. The highest BCUT2D eigenvalue weighted by Gasteiger charge is 2.23. The van der Waals surface area contributed by atoms with E-state index >= 15 is 0 Å². The molecule has 1 saturated heterocycles. The number of benzene rings is 1. The first-order valence-electron chi connectivity index (χ1n) is 10.8. The lowest BCUT2D eigenvalue weighted by atomic mass is 9.89. The second-order valence-corrected chi connectivity index (χ2v) is 8.46. The van der Waals surface area contributed by atoms with Crippen molar-refractivity contribution in [3.63, 3.8) is 0 Å². The van der Waals surface area contributed by atoms with Crippen LogP contribution in [0.2, 0.25) is 0 Å². The first kappa shape index (κ1) is 19.2. The summed E-state index contributed by atoms with van der Waals surface area (Å²) in [6.07, 6.45) is 7.90. The molecule has 4 rings (SSSR count). The number of carbonyl (C=O) groups is 1. The van der Waals surface area contributed by atoms with Crippen LogP contribution in [-0.4, -0.2) is 57.6 Å². The van der Waals surface area contributed by atoms with Crippen molar-refractivity contribution in [2.75, 3.05) is 32.7 Å². The Kier molecular flexibility index (Phi) is 5.85. The summed E-state index contributed by atoms with van der Waals surface area (Å²) in [5.74, 6) is 0.892. The van der Waals surface area contributed by atoms with Gasteiger partial charge in [-0.3, -0.25) is 13.9 Å². The van der Waals surface area contributed by atoms with Crippen molar-refractivity contribution >= 4 is 16.9 Å². The molecule has 0 unspecified atom stereocenters. The number of nitrogens with zero attached hydrogens (tertiary/aromatic N) is 4. The first-order valence-corrected chi connectivity index (χ1v) is 10.8. The highest BCUT2D eigenvalue weighted by atomic mass is 16.2. The van der Waals surface area contributed by atoms with Gasteiger partial charge in [-0.05, 0) is 43.9 Å². The third kappa shape index (κ3) is 4.02. The predicted molar refractivity (Wildman–Crippen MR) is 111 cm³/mol. The maximum atomic E-state index is 13.0. The van der Waals surface area contributed by atoms with Crippen LogP contribution in [0.5, 0.6) is 0 Å². The van der Waals surface area contributed by atoms with Crippen molar-refractivity contribution in [2.24, 2.45) is 13.0 Å². The lowest BCUT2D eigenvalue weighted by Crippen LogP contribution is -2.39. The average Bonchev–Trinajstić information content (AvgIpc) is 2.88. The molecule has 2 fully saturated rings. The van der Waals surface area contributed by atoms with Gasteiger partial charge < -0.3 is 9.80 Å². The van der Waals surface area contributed by atoms with Crippen LogP contribution in [-0.2, 0) is 18.4 Å². The molecule has 1 aliphatic carbocycles. The van der Waals surface area contributed by atoms with Gasteiger partial charge in [-0.1, -0.05) is 31.4 Å². The van der Waals surface area contributed by atoms with Crippen molar-refractivity contribution in [1.82, 2.24) is 18.9 Å². The first-order chi connectivity index (χ1) is 13.6.